The third-order valence-electron chi connectivity index (χ3n) is 5.58. The molecule has 0 spiro atoms. The van der Waals surface area contributed by atoms with Gasteiger partial charge in [-0.15, -0.1) is 0 Å². The first-order valence-electron chi connectivity index (χ1n) is 10.3. The highest BCUT2D eigenvalue weighted by molar-refractivity contribution is 6.00. The molecule has 0 radical (unpaired) electrons. The van der Waals surface area contributed by atoms with Crippen LogP contribution in [0.2, 0.25) is 0 Å². The van der Waals surface area contributed by atoms with Crippen LogP contribution >= 0.6 is 0 Å². The van der Waals surface area contributed by atoms with E-state index in [9.17, 15) is 14.4 Å². The van der Waals surface area contributed by atoms with Crippen LogP contribution in [-0.4, -0.2) is 48.9 Å². The normalized spacial score (nSPS) is 17.0. The molecule has 1 fully saturated rings. The lowest BCUT2D eigenvalue weighted by molar-refractivity contribution is -0.134. The minimum atomic E-state index is -0.122. The Kier molecular flexibility index (Phi) is 5.97. The van der Waals surface area contributed by atoms with Gasteiger partial charge in [-0.2, -0.15) is 0 Å². The van der Waals surface area contributed by atoms with Crippen molar-refractivity contribution in [2.45, 2.75) is 19.3 Å². The average molecular weight is 407 g/mol. The third kappa shape index (κ3) is 4.45. The van der Waals surface area contributed by atoms with Crippen molar-refractivity contribution >= 4 is 29.1 Å². The number of ether oxygens (including phenoxy) is 1. The summed E-state index contributed by atoms with van der Waals surface area (Å²) in [5.41, 5.74) is 1.41. The largest absolute Gasteiger partial charge is 0.491 e. The molecule has 7 nitrogen and oxygen atoms in total. The first kappa shape index (κ1) is 19.9. The predicted octanol–water partition coefficient (Wildman–Crippen LogP) is 2.68. The molecule has 0 unspecified atom stereocenters. The lowest BCUT2D eigenvalue weighted by Crippen LogP contribution is -2.47. The molecule has 2 aliphatic rings. The summed E-state index contributed by atoms with van der Waals surface area (Å²) < 4.78 is 5.63. The number of carbonyl (C=O) groups is 3. The molecule has 7 heteroatoms. The molecule has 1 saturated heterocycles. The molecule has 0 aliphatic carbocycles. The van der Waals surface area contributed by atoms with E-state index in [0.29, 0.717) is 44.0 Å². The maximum Gasteiger partial charge on any atom is 0.242 e. The maximum atomic E-state index is 12.9. The smallest absolute Gasteiger partial charge is 0.242 e. The van der Waals surface area contributed by atoms with E-state index in [2.05, 4.69) is 5.32 Å². The summed E-state index contributed by atoms with van der Waals surface area (Å²) in [5, 5.41) is 2.94. The van der Waals surface area contributed by atoms with Crippen LogP contribution in [0.3, 0.4) is 0 Å². The number of hydrogen-bond acceptors (Lipinski definition) is 4. The Hall–Kier alpha value is -3.35. The van der Waals surface area contributed by atoms with Gasteiger partial charge in [0.2, 0.25) is 17.7 Å². The van der Waals surface area contributed by atoms with Gasteiger partial charge >= 0.3 is 0 Å². The van der Waals surface area contributed by atoms with Crippen LogP contribution in [0, 0.1) is 5.92 Å². The number of para-hydroxylation sites is 3. The molecular weight excluding hydrogens is 382 g/mol. The predicted molar refractivity (Wildman–Crippen MR) is 113 cm³/mol. The zero-order valence-electron chi connectivity index (χ0n) is 16.8. The second kappa shape index (κ2) is 8.98. The molecule has 0 atom stereocenters. The molecule has 0 aromatic heterocycles. The standard InChI is InChI=1S/C23H25N3O4/c27-21-12-15-30-20-9-5-4-8-19(20)26(21)16-22(28)25-13-10-17(11-14-25)23(29)24-18-6-2-1-3-7-18/h1-9,17H,10-16H2,(H,24,29). The number of hydrogen-bond donors (Lipinski definition) is 1. The van der Waals surface area contributed by atoms with E-state index >= 15 is 0 Å². The van der Waals surface area contributed by atoms with Crippen LogP contribution < -0.4 is 15.0 Å². The van der Waals surface area contributed by atoms with E-state index in [1.54, 1.807) is 11.0 Å². The van der Waals surface area contributed by atoms with Crippen molar-refractivity contribution in [1.29, 1.82) is 0 Å². The fourth-order valence-electron chi connectivity index (χ4n) is 3.89. The van der Waals surface area contributed by atoms with Gasteiger partial charge in [-0.05, 0) is 37.1 Å². The molecule has 2 aromatic rings. The number of rotatable bonds is 4. The van der Waals surface area contributed by atoms with Crippen molar-refractivity contribution in [2.75, 3.05) is 36.5 Å². The number of likely N-dealkylation sites (tertiary alicyclic amines) is 1. The number of carbonyl (C=O) groups excluding carboxylic acids is 3. The van der Waals surface area contributed by atoms with Gasteiger partial charge in [0, 0.05) is 24.7 Å². The van der Waals surface area contributed by atoms with Crippen LogP contribution in [0.1, 0.15) is 19.3 Å². The van der Waals surface area contributed by atoms with Gasteiger partial charge in [-0.1, -0.05) is 30.3 Å². The number of benzene rings is 2. The highest BCUT2D eigenvalue weighted by Crippen LogP contribution is 2.31. The zero-order valence-corrected chi connectivity index (χ0v) is 16.8. The minimum absolute atomic E-state index is 0.0120. The van der Waals surface area contributed by atoms with E-state index in [-0.39, 0.29) is 36.6 Å². The summed E-state index contributed by atoms with van der Waals surface area (Å²) in [4.78, 5) is 41.2. The molecule has 30 heavy (non-hydrogen) atoms. The summed E-state index contributed by atoms with van der Waals surface area (Å²) in [6.45, 7) is 1.31. The number of anilines is 2. The van der Waals surface area contributed by atoms with E-state index in [1.165, 1.54) is 4.90 Å². The van der Waals surface area contributed by atoms with E-state index in [1.807, 2.05) is 48.5 Å². The summed E-state index contributed by atoms with van der Waals surface area (Å²) >= 11 is 0. The van der Waals surface area contributed by atoms with Crippen LogP contribution in [0.4, 0.5) is 11.4 Å². The van der Waals surface area contributed by atoms with Gasteiger partial charge in [0.05, 0.1) is 18.7 Å². The lowest BCUT2D eigenvalue weighted by Gasteiger charge is -2.33. The minimum Gasteiger partial charge on any atom is -0.491 e. The second-order valence-corrected chi connectivity index (χ2v) is 7.56. The molecule has 3 amide bonds. The van der Waals surface area contributed by atoms with Crippen molar-refractivity contribution in [2.24, 2.45) is 5.92 Å². The van der Waals surface area contributed by atoms with Crippen LogP contribution in [0.25, 0.3) is 0 Å². The van der Waals surface area contributed by atoms with Crippen molar-refractivity contribution in [3.63, 3.8) is 0 Å². The Labute approximate surface area is 175 Å². The van der Waals surface area contributed by atoms with Crippen molar-refractivity contribution < 1.29 is 19.1 Å². The Morgan fingerprint density at radius 1 is 1.00 bits per heavy atom. The summed E-state index contributed by atoms with van der Waals surface area (Å²) in [6.07, 6.45) is 1.46. The number of nitrogens with zero attached hydrogens (tertiary/aromatic N) is 2. The number of nitrogens with one attached hydrogen (secondary N) is 1. The first-order valence-corrected chi connectivity index (χ1v) is 10.3. The van der Waals surface area contributed by atoms with Gasteiger partial charge < -0.3 is 15.0 Å². The number of fused-ring (bicyclic) bond motifs is 1. The fraction of sp³-hybridized carbons (Fsp3) is 0.348. The maximum absolute atomic E-state index is 12.9. The Morgan fingerprint density at radius 3 is 2.47 bits per heavy atom. The molecule has 4 rings (SSSR count). The summed E-state index contributed by atoms with van der Waals surface area (Å²) in [6, 6.07) is 16.7. The molecule has 2 aliphatic heterocycles. The van der Waals surface area contributed by atoms with Crippen LogP contribution in [0.5, 0.6) is 5.75 Å². The van der Waals surface area contributed by atoms with Crippen molar-refractivity contribution in [3.8, 4) is 5.75 Å². The van der Waals surface area contributed by atoms with Gasteiger partial charge in [0.1, 0.15) is 12.3 Å². The van der Waals surface area contributed by atoms with Crippen molar-refractivity contribution in [3.05, 3.63) is 54.6 Å². The quantitative estimate of drug-likeness (QED) is 0.845. The molecule has 1 N–H and O–H groups in total. The molecule has 2 heterocycles. The summed E-state index contributed by atoms with van der Waals surface area (Å²) in [5.74, 6) is 0.255. The molecule has 0 saturated carbocycles. The second-order valence-electron chi connectivity index (χ2n) is 7.56. The number of amides is 3. The monoisotopic (exact) mass is 407 g/mol. The van der Waals surface area contributed by atoms with E-state index < -0.39 is 0 Å². The third-order valence-corrected chi connectivity index (χ3v) is 5.58. The first-order chi connectivity index (χ1) is 14.6. The highest BCUT2D eigenvalue weighted by atomic mass is 16.5. The molecule has 2 aromatic carbocycles. The zero-order chi connectivity index (χ0) is 20.9. The fourth-order valence-corrected chi connectivity index (χ4v) is 3.89. The van der Waals surface area contributed by atoms with Gasteiger partial charge in [0.25, 0.3) is 0 Å². The van der Waals surface area contributed by atoms with Crippen LogP contribution in [-0.2, 0) is 14.4 Å². The molecule has 0 bridgehead atoms. The van der Waals surface area contributed by atoms with E-state index in [4.69, 9.17) is 4.74 Å². The topological polar surface area (TPSA) is 79.0 Å². The molecular formula is C23H25N3O4. The summed E-state index contributed by atoms with van der Waals surface area (Å²) in [7, 11) is 0. The van der Waals surface area contributed by atoms with E-state index in [0.717, 1.165) is 5.69 Å². The Morgan fingerprint density at radius 2 is 1.70 bits per heavy atom. The highest BCUT2D eigenvalue weighted by Gasteiger charge is 2.30. The van der Waals surface area contributed by atoms with Gasteiger partial charge in [0.15, 0.2) is 0 Å². The Bertz CT molecular complexity index is 923. The lowest BCUT2D eigenvalue weighted by atomic mass is 9.95. The number of piperidine rings is 1. The Balaban J connectivity index is 1.34. The van der Waals surface area contributed by atoms with Gasteiger partial charge in [-0.3, -0.25) is 19.3 Å². The SMILES string of the molecule is O=C(Nc1ccccc1)C1CCN(C(=O)CN2C(=O)CCOc3ccccc32)CC1. The molecule has 156 valence electrons. The van der Waals surface area contributed by atoms with Crippen molar-refractivity contribution in [1.82, 2.24) is 4.90 Å². The van der Waals surface area contributed by atoms with Gasteiger partial charge in [-0.25, -0.2) is 0 Å². The average Bonchev–Trinajstić information content (AvgIpc) is 2.93. The van der Waals surface area contributed by atoms with Crippen LogP contribution in [0.15, 0.2) is 54.6 Å².